The SMILES string of the molecule is CCc1c[n+]2c(n1-c1ccccc1)B(C(C)C)c1ccccc1C2(C)C. The number of aryl methyl sites for hydroxylation is 1. The Morgan fingerprint density at radius 3 is 2.31 bits per heavy atom. The lowest BCUT2D eigenvalue weighted by atomic mass is 9.34. The average molecular weight is 343 g/mol. The highest BCUT2D eigenvalue weighted by molar-refractivity contribution is 6.85. The highest BCUT2D eigenvalue weighted by Crippen LogP contribution is 2.26. The number of hydrogen-bond donors (Lipinski definition) is 0. The molecule has 0 saturated carbocycles. The van der Waals surface area contributed by atoms with Gasteiger partial charge in [0.05, 0.1) is 0 Å². The third-order valence-electron chi connectivity index (χ3n) is 5.92. The maximum atomic E-state index is 2.53. The van der Waals surface area contributed by atoms with E-state index in [9.17, 15) is 0 Å². The molecule has 2 nitrogen and oxygen atoms in total. The van der Waals surface area contributed by atoms with Gasteiger partial charge >= 0.3 is 6.71 Å². The van der Waals surface area contributed by atoms with Crippen LogP contribution in [0.2, 0.25) is 5.82 Å². The summed E-state index contributed by atoms with van der Waals surface area (Å²) in [7, 11) is 0. The van der Waals surface area contributed by atoms with Crippen LogP contribution in [0.25, 0.3) is 5.69 Å². The van der Waals surface area contributed by atoms with Crippen molar-refractivity contribution in [1.29, 1.82) is 0 Å². The van der Waals surface area contributed by atoms with Crippen LogP contribution in [0, 0.1) is 0 Å². The first-order valence-electron chi connectivity index (χ1n) is 9.78. The maximum absolute atomic E-state index is 2.53. The van der Waals surface area contributed by atoms with Crippen molar-refractivity contribution in [2.75, 3.05) is 0 Å². The maximum Gasteiger partial charge on any atom is 0.320 e. The Hall–Kier alpha value is -2.29. The minimum absolute atomic E-state index is 0.0543. The average Bonchev–Trinajstić information content (AvgIpc) is 3.03. The van der Waals surface area contributed by atoms with E-state index in [-0.39, 0.29) is 5.54 Å². The van der Waals surface area contributed by atoms with Gasteiger partial charge in [-0.3, -0.25) is 0 Å². The van der Waals surface area contributed by atoms with Crippen LogP contribution >= 0.6 is 0 Å². The summed E-state index contributed by atoms with van der Waals surface area (Å²) in [4.78, 5) is 0. The van der Waals surface area contributed by atoms with E-state index in [1.165, 1.54) is 28.1 Å². The largest absolute Gasteiger partial charge is 0.320 e. The standard InChI is InChI=1S/C23H28BN2/c1-6-18-16-25-22(26(18)19-12-8-7-9-13-19)24(17(2)3)21-15-11-10-14-20(21)23(25,4)5/h7-17H,6H2,1-5H3/q+1. The zero-order valence-electron chi connectivity index (χ0n) is 16.5. The number of rotatable bonds is 3. The molecule has 1 aliphatic heterocycles. The first kappa shape index (κ1) is 17.1. The Bertz CT molecular complexity index is 938. The van der Waals surface area contributed by atoms with Crippen molar-refractivity contribution in [3.8, 4) is 5.69 Å². The van der Waals surface area contributed by atoms with Crippen LogP contribution in [0.5, 0.6) is 0 Å². The second-order valence-corrected chi connectivity index (χ2v) is 8.24. The van der Waals surface area contributed by atoms with Gasteiger partial charge in [-0.25, -0.2) is 9.13 Å². The fourth-order valence-corrected chi connectivity index (χ4v) is 4.64. The van der Waals surface area contributed by atoms with E-state index in [1.54, 1.807) is 0 Å². The molecule has 3 aromatic rings. The Balaban J connectivity index is 2.09. The first-order chi connectivity index (χ1) is 12.5. The molecule has 0 N–H and O–H groups in total. The summed E-state index contributed by atoms with van der Waals surface area (Å²) in [5.41, 5.74) is 6.92. The van der Waals surface area contributed by atoms with Gasteiger partial charge in [0.2, 0.25) is 5.72 Å². The molecule has 0 saturated heterocycles. The first-order valence-corrected chi connectivity index (χ1v) is 9.78. The van der Waals surface area contributed by atoms with Gasteiger partial charge in [-0.05, 0) is 31.5 Å². The van der Waals surface area contributed by atoms with Crippen molar-refractivity contribution in [2.45, 2.75) is 52.4 Å². The van der Waals surface area contributed by atoms with Gasteiger partial charge in [0.1, 0.15) is 23.1 Å². The fourth-order valence-electron chi connectivity index (χ4n) is 4.64. The minimum Gasteiger partial charge on any atom is -0.234 e. The molecule has 4 rings (SSSR count). The summed E-state index contributed by atoms with van der Waals surface area (Å²) >= 11 is 0. The second kappa shape index (κ2) is 6.16. The molecule has 1 aromatic heterocycles. The molecule has 3 heteroatoms. The molecule has 1 aliphatic rings. The second-order valence-electron chi connectivity index (χ2n) is 8.24. The Labute approximate surface area is 157 Å². The number of benzene rings is 2. The molecule has 26 heavy (non-hydrogen) atoms. The van der Waals surface area contributed by atoms with Crippen molar-refractivity contribution in [3.05, 3.63) is 72.1 Å². The molecule has 0 atom stereocenters. The highest BCUT2D eigenvalue weighted by atomic mass is 15.2. The summed E-state index contributed by atoms with van der Waals surface area (Å²) in [5.74, 6) is 0.528. The minimum atomic E-state index is -0.0543. The highest BCUT2D eigenvalue weighted by Gasteiger charge is 2.49. The zero-order chi connectivity index (χ0) is 18.5. The van der Waals surface area contributed by atoms with Gasteiger partial charge in [-0.15, -0.1) is 0 Å². The van der Waals surface area contributed by atoms with Gasteiger partial charge in [0, 0.05) is 6.42 Å². The Morgan fingerprint density at radius 1 is 1.00 bits per heavy atom. The fraction of sp³-hybridized carbons (Fsp3) is 0.348. The number of imidazole rings is 1. The van der Waals surface area contributed by atoms with Crippen molar-refractivity contribution in [3.63, 3.8) is 0 Å². The molecule has 0 radical (unpaired) electrons. The third-order valence-corrected chi connectivity index (χ3v) is 5.92. The van der Waals surface area contributed by atoms with E-state index in [0.717, 1.165) is 6.42 Å². The van der Waals surface area contributed by atoms with Crippen molar-refractivity contribution in [1.82, 2.24) is 4.57 Å². The van der Waals surface area contributed by atoms with Crippen molar-refractivity contribution < 1.29 is 4.57 Å². The summed E-state index contributed by atoms with van der Waals surface area (Å²) < 4.78 is 5.04. The van der Waals surface area contributed by atoms with Crippen LogP contribution in [-0.2, 0) is 12.0 Å². The molecule has 0 aliphatic carbocycles. The van der Waals surface area contributed by atoms with Gasteiger partial charge in [-0.2, -0.15) is 0 Å². The van der Waals surface area contributed by atoms with Crippen molar-refractivity contribution >= 4 is 17.9 Å². The summed E-state index contributed by atoms with van der Waals surface area (Å²) in [6.07, 6.45) is 3.40. The van der Waals surface area contributed by atoms with Crippen LogP contribution < -0.4 is 15.8 Å². The normalized spacial score (nSPS) is 15.1. The summed E-state index contributed by atoms with van der Waals surface area (Å²) in [6.45, 7) is 12.0. The number of aromatic nitrogens is 2. The monoisotopic (exact) mass is 343 g/mol. The lowest BCUT2D eigenvalue weighted by Gasteiger charge is -2.34. The quantitative estimate of drug-likeness (QED) is 0.509. The topological polar surface area (TPSA) is 8.81 Å². The van der Waals surface area contributed by atoms with Gasteiger partial charge < -0.3 is 0 Å². The van der Waals surface area contributed by atoms with E-state index in [1.807, 2.05) is 0 Å². The van der Waals surface area contributed by atoms with E-state index in [0.29, 0.717) is 12.5 Å². The number of fused-ring (bicyclic) bond motifs is 2. The molecule has 0 bridgehead atoms. The van der Waals surface area contributed by atoms with E-state index in [4.69, 9.17) is 0 Å². The van der Waals surface area contributed by atoms with Gasteiger partial charge in [-0.1, -0.05) is 74.5 Å². The number of hydrogen-bond acceptors (Lipinski definition) is 0. The molecule has 2 aromatic carbocycles. The van der Waals surface area contributed by atoms with E-state index >= 15 is 0 Å². The van der Waals surface area contributed by atoms with Gasteiger partial charge in [0.25, 0.3) is 0 Å². The van der Waals surface area contributed by atoms with Gasteiger partial charge in [0.15, 0.2) is 0 Å². The molecule has 132 valence electrons. The molecule has 2 heterocycles. The number of para-hydroxylation sites is 1. The predicted octanol–water partition coefficient (Wildman–Crippen LogP) is 3.44. The molecular formula is C23H28BN2+. The predicted molar refractivity (Wildman–Crippen MR) is 110 cm³/mol. The van der Waals surface area contributed by atoms with Crippen LogP contribution in [0.3, 0.4) is 0 Å². The number of nitrogens with zero attached hydrogens (tertiary/aromatic N) is 2. The molecule has 0 fully saturated rings. The third kappa shape index (κ3) is 2.37. The van der Waals surface area contributed by atoms with E-state index < -0.39 is 0 Å². The lowest BCUT2D eigenvalue weighted by Crippen LogP contribution is -2.75. The van der Waals surface area contributed by atoms with Crippen LogP contribution in [-0.4, -0.2) is 11.3 Å². The van der Waals surface area contributed by atoms with Crippen molar-refractivity contribution in [2.24, 2.45) is 0 Å². The van der Waals surface area contributed by atoms with Crippen LogP contribution in [0.15, 0.2) is 60.8 Å². The molecule has 0 unspecified atom stereocenters. The Kier molecular flexibility index (Phi) is 4.06. The smallest absolute Gasteiger partial charge is 0.234 e. The molecular weight excluding hydrogens is 315 g/mol. The van der Waals surface area contributed by atoms with E-state index in [2.05, 4.69) is 105 Å². The summed E-state index contributed by atoms with van der Waals surface area (Å²) in [6, 6.07) is 19.8. The zero-order valence-corrected chi connectivity index (χ0v) is 16.5. The Morgan fingerprint density at radius 2 is 1.65 bits per heavy atom. The molecule has 0 amide bonds. The lowest BCUT2D eigenvalue weighted by molar-refractivity contribution is -0.731. The molecule has 0 spiro atoms. The van der Waals surface area contributed by atoms with Crippen LogP contribution in [0.4, 0.5) is 0 Å². The summed E-state index contributed by atoms with van der Waals surface area (Å²) in [5, 5.41) is 0. The van der Waals surface area contributed by atoms with Crippen LogP contribution in [0.1, 0.15) is 45.9 Å².